The van der Waals surface area contributed by atoms with Crippen molar-refractivity contribution in [1.29, 1.82) is 0 Å². The Morgan fingerprint density at radius 1 is 1.00 bits per heavy atom. The molecule has 7 heteroatoms. The monoisotopic (exact) mass is 365 g/mol. The number of fused-ring (bicyclic) bond motifs is 2. The molecule has 0 aliphatic carbocycles. The molecular formula is C19H11ClFN4O+. The molecule has 0 aliphatic rings. The van der Waals surface area contributed by atoms with Gasteiger partial charge in [-0.3, -0.25) is 0 Å². The molecule has 26 heavy (non-hydrogen) atoms. The summed E-state index contributed by atoms with van der Waals surface area (Å²) in [6.07, 6.45) is 1.58. The molecule has 0 atom stereocenters. The summed E-state index contributed by atoms with van der Waals surface area (Å²) >= 11 is 6.00. The molecule has 1 N–H and O–H groups in total. The van der Waals surface area contributed by atoms with Crippen LogP contribution in [0.15, 0.2) is 65.3 Å². The number of benzene rings is 2. The molecule has 0 saturated heterocycles. The molecule has 0 fully saturated rings. The number of imidazole rings is 1. The van der Waals surface area contributed by atoms with Gasteiger partial charge >= 0.3 is 5.65 Å². The van der Waals surface area contributed by atoms with E-state index in [9.17, 15) is 4.39 Å². The summed E-state index contributed by atoms with van der Waals surface area (Å²) in [6, 6.07) is 15.7. The first-order valence-corrected chi connectivity index (χ1v) is 8.28. The second-order valence-electron chi connectivity index (χ2n) is 5.77. The van der Waals surface area contributed by atoms with Crippen molar-refractivity contribution in [3.8, 4) is 17.3 Å². The van der Waals surface area contributed by atoms with Crippen molar-refractivity contribution in [3.63, 3.8) is 0 Å². The number of nitrogens with one attached hydrogen (secondary N) is 1. The third-order valence-corrected chi connectivity index (χ3v) is 4.43. The summed E-state index contributed by atoms with van der Waals surface area (Å²) in [6.45, 7) is 0. The molecule has 0 aliphatic heterocycles. The van der Waals surface area contributed by atoms with Crippen LogP contribution in [0.25, 0.3) is 39.6 Å². The summed E-state index contributed by atoms with van der Waals surface area (Å²) in [7, 11) is 0. The summed E-state index contributed by atoms with van der Waals surface area (Å²) in [5.41, 5.74) is 3.37. The van der Waals surface area contributed by atoms with E-state index in [4.69, 9.17) is 21.0 Å². The van der Waals surface area contributed by atoms with E-state index in [1.807, 2.05) is 34.9 Å². The van der Waals surface area contributed by atoms with E-state index < -0.39 is 5.82 Å². The van der Waals surface area contributed by atoms with Crippen molar-refractivity contribution in [2.75, 3.05) is 0 Å². The first-order chi connectivity index (χ1) is 12.7. The lowest BCUT2D eigenvalue weighted by molar-refractivity contribution is -0.557. The molecule has 5 rings (SSSR count). The smallest absolute Gasteiger partial charge is 0.328 e. The second-order valence-corrected chi connectivity index (χ2v) is 6.18. The highest BCUT2D eigenvalue weighted by molar-refractivity contribution is 6.30. The summed E-state index contributed by atoms with van der Waals surface area (Å²) in [4.78, 5) is 12.6. The van der Waals surface area contributed by atoms with Crippen molar-refractivity contribution < 1.29 is 13.4 Å². The lowest BCUT2D eigenvalue weighted by Gasteiger charge is -2.02. The average molecular weight is 366 g/mol. The normalized spacial score (nSPS) is 11.5. The number of H-pyrrole nitrogens is 1. The highest BCUT2D eigenvalue weighted by atomic mass is 35.5. The molecule has 0 saturated carbocycles. The lowest BCUT2D eigenvalue weighted by atomic mass is 10.3. The molecule has 0 spiro atoms. The van der Waals surface area contributed by atoms with Crippen LogP contribution in [-0.2, 0) is 0 Å². The van der Waals surface area contributed by atoms with Crippen LogP contribution >= 0.6 is 11.6 Å². The van der Waals surface area contributed by atoms with E-state index in [1.54, 1.807) is 24.5 Å². The molecule has 3 heterocycles. The van der Waals surface area contributed by atoms with E-state index in [2.05, 4.69) is 9.97 Å². The van der Waals surface area contributed by atoms with Gasteiger partial charge in [0.25, 0.3) is 11.5 Å². The molecule has 3 aromatic heterocycles. The first-order valence-electron chi connectivity index (χ1n) is 7.90. The Kier molecular flexibility index (Phi) is 3.26. The molecule has 0 amide bonds. The molecule has 5 nitrogen and oxygen atoms in total. The fourth-order valence-electron chi connectivity index (χ4n) is 2.97. The zero-order chi connectivity index (χ0) is 17.7. The summed E-state index contributed by atoms with van der Waals surface area (Å²) in [5.74, 6) is 0.768. The van der Waals surface area contributed by atoms with Gasteiger partial charge in [-0.05, 0) is 42.5 Å². The van der Waals surface area contributed by atoms with Crippen LogP contribution in [0.3, 0.4) is 0 Å². The van der Waals surface area contributed by atoms with Crippen molar-refractivity contribution in [2.45, 2.75) is 0 Å². The van der Waals surface area contributed by atoms with Crippen LogP contribution in [0.4, 0.5) is 4.39 Å². The number of aromatic amines is 1. The fraction of sp³-hybridized carbons (Fsp3) is 0. The minimum atomic E-state index is -0.480. The Balaban J connectivity index is 1.89. The van der Waals surface area contributed by atoms with Gasteiger partial charge in [-0.2, -0.15) is 4.57 Å². The highest BCUT2D eigenvalue weighted by Gasteiger charge is 2.26. The highest BCUT2D eigenvalue weighted by Crippen LogP contribution is 2.23. The molecule has 5 aromatic rings. The number of hydrogen-bond acceptors (Lipinski definition) is 3. The van der Waals surface area contributed by atoms with Crippen molar-refractivity contribution >= 4 is 33.9 Å². The van der Waals surface area contributed by atoms with Gasteiger partial charge in [-0.15, -0.1) is 0 Å². The zero-order valence-electron chi connectivity index (χ0n) is 13.3. The van der Waals surface area contributed by atoms with Crippen LogP contribution in [0.1, 0.15) is 0 Å². The Labute approximate surface area is 151 Å². The van der Waals surface area contributed by atoms with Gasteiger partial charge in [0.15, 0.2) is 11.3 Å². The van der Waals surface area contributed by atoms with E-state index in [0.717, 1.165) is 11.0 Å². The van der Waals surface area contributed by atoms with E-state index in [0.29, 0.717) is 28.6 Å². The molecular weight excluding hydrogens is 355 g/mol. The predicted molar refractivity (Wildman–Crippen MR) is 95.6 cm³/mol. The van der Waals surface area contributed by atoms with E-state index in [-0.39, 0.29) is 5.02 Å². The second kappa shape index (κ2) is 5.64. The third kappa shape index (κ3) is 2.27. The molecule has 0 radical (unpaired) electrons. The molecule has 0 bridgehead atoms. The molecule has 126 valence electrons. The van der Waals surface area contributed by atoms with Gasteiger partial charge in [-0.25, -0.2) is 14.4 Å². The maximum atomic E-state index is 13.6. The quantitative estimate of drug-likeness (QED) is 0.470. The number of rotatable bonds is 2. The van der Waals surface area contributed by atoms with Crippen LogP contribution in [-0.4, -0.2) is 15.0 Å². The largest absolute Gasteiger partial charge is 0.458 e. The number of halogens is 2. The minimum Gasteiger partial charge on any atom is -0.458 e. The average Bonchev–Trinajstić information content (AvgIpc) is 3.29. The van der Waals surface area contributed by atoms with Crippen LogP contribution < -0.4 is 4.57 Å². The maximum Gasteiger partial charge on any atom is 0.328 e. The van der Waals surface area contributed by atoms with Gasteiger partial charge in [0.05, 0.1) is 11.3 Å². The van der Waals surface area contributed by atoms with E-state index >= 15 is 0 Å². The number of nitrogens with zero attached hydrogens (tertiary/aromatic N) is 3. The lowest BCUT2D eigenvalue weighted by Crippen LogP contribution is -2.32. The van der Waals surface area contributed by atoms with Gasteiger partial charge in [-0.1, -0.05) is 28.7 Å². The van der Waals surface area contributed by atoms with Crippen LogP contribution in [0.2, 0.25) is 5.02 Å². The van der Waals surface area contributed by atoms with Crippen molar-refractivity contribution in [1.82, 2.24) is 15.0 Å². The SMILES string of the molecule is Fc1ccc(-[n+]2c(-c3ccco3)[nH]c3nc4ccccc4nc32)cc1Cl. The third-order valence-electron chi connectivity index (χ3n) is 4.14. The minimum absolute atomic E-state index is 0.0310. The number of para-hydroxylation sites is 2. The fourth-order valence-corrected chi connectivity index (χ4v) is 3.14. The standard InChI is InChI=1S/C19H10ClFN4O/c20-12-10-11(7-8-13(12)21)25-18(16-6-3-9-26-16)24-17-19(25)23-15-5-2-1-4-14(15)22-17/h1-10H/p+1. The van der Waals surface area contributed by atoms with Gasteiger partial charge in [0, 0.05) is 0 Å². The van der Waals surface area contributed by atoms with Gasteiger partial charge in [0.2, 0.25) is 0 Å². The molecule has 2 aromatic carbocycles. The Bertz CT molecular complexity index is 1260. The van der Waals surface area contributed by atoms with Crippen LogP contribution in [0, 0.1) is 5.82 Å². The Morgan fingerprint density at radius 2 is 1.81 bits per heavy atom. The zero-order valence-corrected chi connectivity index (χ0v) is 14.0. The first kappa shape index (κ1) is 15.0. The summed E-state index contributed by atoms with van der Waals surface area (Å²) in [5, 5.41) is 0.0310. The van der Waals surface area contributed by atoms with E-state index in [1.165, 1.54) is 6.07 Å². The molecule has 0 unspecified atom stereocenters. The Morgan fingerprint density at radius 3 is 2.54 bits per heavy atom. The predicted octanol–water partition coefficient (Wildman–Crippen LogP) is 4.44. The number of furan rings is 1. The summed E-state index contributed by atoms with van der Waals surface area (Å²) < 4.78 is 21.0. The van der Waals surface area contributed by atoms with Gasteiger partial charge < -0.3 is 4.42 Å². The topological polar surface area (TPSA) is 58.6 Å². The number of hydrogen-bond donors (Lipinski definition) is 1. The van der Waals surface area contributed by atoms with Crippen molar-refractivity contribution in [2.24, 2.45) is 0 Å². The Hall–Kier alpha value is -3.25. The van der Waals surface area contributed by atoms with Crippen LogP contribution in [0.5, 0.6) is 0 Å². The maximum absolute atomic E-state index is 13.6. The van der Waals surface area contributed by atoms with Crippen molar-refractivity contribution in [3.05, 3.63) is 71.7 Å². The number of aromatic nitrogens is 4. The van der Waals surface area contributed by atoms with Gasteiger partial charge in [0.1, 0.15) is 17.0 Å².